The van der Waals surface area contributed by atoms with E-state index in [1.54, 1.807) is 4.90 Å². The molecular weight excluding hydrogens is 899 g/mol. The van der Waals surface area contributed by atoms with Crippen molar-refractivity contribution < 1.29 is 26.5 Å². The Hall–Kier alpha value is 1.21. The van der Waals surface area contributed by atoms with Crippen molar-refractivity contribution in [2.45, 2.75) is 121 Å². The maximum absolute atomic E-state index is 14.3. The summed E-state index contributed by atoms with van der Waals surface area (Å²) < 4.78 is 6.67. The summed E-state index contributed by atoms with van der Waals surface area (Å²) in [4.78, 5) is 1.69. The molecule has 3 aliphatic heterocycles. The van der Waals surface area contributed by atoms with E-state index >= 15 is 0 Å². The first-order valence-electron chi connectivity index (χ1n) is 18.2. The zero-order valence-corrected chi connectivity index (χ0v) is 39.6. The number of pyridine rings is 1. The van der Waals surface area contributed by atoms with Gasteiger partial charge in [-0.25, -0.2) is 0 Å². The van der Waals surface area contributed by atoms with Crippen LogP contribution in [0.15, 0.2) is 43.0 Å². The van der Waals surface area contributed by atoms with E-state index in [0.29, 0.717) is 17.9 Å². The number of halogens is 10. The average molecular weight is 953 g/mol. The third-order valence-corrected chi connectivity index (χ3v) is 17.2. The number of nitrogens with zero attached hydrogens (tertiary/aromatic N) is 1. The average Bonchev–Trinajstić information content (AvgIpc) is 3.02. The van der Waals surface area contributed by atoms with Crippen LogP contribution in [0.4, 0.5) is 0 Å². The van der Waals surface area contributed by atoms with Gasteiger partial charge < -0.3 is 26.9 Å². The number of alkyl halides is 9. The van der Waals surface area contributed by atoms with Gasteiger partial charge in [-0.1, -0.05) is 143 Å². The second kappa shape index (κ2) is 20.5. The molecule has 1 aromatic carbocycles. The molecule has 6 bridgehead atoms. The number of benzene rings is 1. The molecule has 0 radical (unpaired) electrons. The number of fused-ring (bicyclic) bond motifs is 4. The van der Waals surface area contributed by atoms with Gasteiger partial charge in [0, 0.05) is 36.5 Å². The van der Waals surface area contributed by atoms with Crippen LogP contribution in [0.2, 0.25) is 18.1 Å². The highest BCUT2D eigenvalue weighted by atomic mass is 35.6. The van der Waals surface area contributed by atoms with Crippen LogP contribution in [0.1, 0.15) is 89.5 Å². The number of rotatable bonds is 6. The summed E-state index contributed by atoms with van der Waals surface area (Å²) in [5, 5.41) is 15.5. The molecule has 7 fully saturated rings. The van der Waals surface area contributed by atoms with Crippen molar-refractivity contribution >= 4 is 124 Å². The van der Waals surface area contributed by atoms with Crippen molar-refractivity contribution in [3.63, 3.8) is 0 Å². The number of quaternary nitrogens is 1. The summed E-state index contributed by atoms with van der Waals surface area (Å²) >= 11 is 43.3. The SMILES string of the molecule is C=C[C@H]1C[NH+]2CC[C@H]1C[C@@H]2[C@@H](O[Si](C)(C)C(C)(C)C)c1cc(C23CC4CC(CC(C4)C2)C3)[n+]([O-])c2ccccc12.ClC(Cl)Cl.ClC(Cl)Cl.ClC(Cl)Cl.[Cl-]. The molecule has 0 amide bonds. The Bertz CT molecular complexity index is 1430. The Kier molecular flexibility index (Phi) is 18.7. The fourth-order valence-corrected chi connectivity index (χ4v) is 11.4. The summed E-state index contributed by atoms with van der Waals surface area (Å²) in [6.07, 6.45) is 12.5. The van der Waals surface area contributed by atoms with Gasteiger partial charge in [-0.2, -0.15) is 4.73 Å². The van der Waals surface area contributed by atoms with E-state index in [1.807, 2.05) is 0 Å². The minimum Gasteiger partial charge on any atom is -1.00 e. The zero-order valence-electron chi connectivity index (χ0n) is 31.1. The molecule has 4 saturated carbocycles. The molecule has 1 unspecified atom stereocenters. The molecule has 1 aromatic heterocycles. The summed E-state index contributed by atoms with van der Waals surface area (Å²) in [5.74, 6) is 3.74. The molecule has 5 atom stereocenters. The fourth-order valence-electron chi connectivity index (χ4n) is 10.1. The van der Waals surface area contributed by atoms with Gasteiger partial charge >= 0.3 is 0 Å². The smallest absolute Gasteiger partial charge is 0.224 e. The molecule has 7 aliphatic rings. The molecule has 302 valence electrons. The van der Waals surface area contributed by atoms with Crippen molar-refractivity contribution in [3.8, 4) is 0 Å². The van der Waals surface area contributed by atoms with Crippen LogP contribution in [0, 0.1) is 34.8 Å². The first-order valence-corrected chi connectivity index (χ1v) is 25.1. The molecule has 4 heterocycles. The van der Waals surface area contributed by atoms with Crippen LogP contribution >= 0.6 is 104 Å². The minimum atomic E-state index is -2.09. The topological polar surface area (TPSA) is 40.6 Å². The van der Waals surface area contributed by atoms with E-state index in [9.17, 15) is 5.21 Å². The van der Waals surface area contributed by atoms with Gasteiger partial charge in [0.2, 0.25) is 5.52 Å². The summed E-state index contributed by atoms with van der Waals surface area (Å²) in [6, 6.07) is 11.3. The lowest BCUT2D eigenvalue weighted by Gasteiger charge is -2.55. The fraction of sp³-hybridized carbons (Fsp3) is 0.711. The van der Waals surface area contributed by atoms with Crippen LogP contribution in [0.5, 0.6) is 0 Å². The summed E-state index contributed by atoms with van der Waals surface area (Å²) in [6.45, 7) is 18.5. The number of hydrogen-bond acceptors (Lipinski definition) is 2. The van der Waals surface area contributed by atoms with Crippen LogP contribution in [-0.4, -0.2) is 40.3 Å². The molecule has 0 spiro atoms. The number of hydrogen-bond donors (Lipinski definition) is 1. The Morgan fingerprint density at radius 1 is 0.887 bits per heavy atom. The van der Waals surface area contributed by atoms with Gasteiger partial charge in [-0.15, -0.1) is 6.58 Å². The highest BCUT2D eigenvalue weighted by Gasteiger charge is 2.56. The molecule has 1 N–H and O–H groups in total. The molecule has 15 heteroatoms. The van der Waals surface area contributed by atoms with Crippen LogP contribution in [0.25, 0.3) is 10.9 Å². The highest BCUT2D eigenvalue weighted by molar-refractivity contribution is 6.74. The number of nitrogens with one attached hydrogen (secondary N) is 1. The van der Waals surface area contributed by atoms with Gasteiger partial charge in [0.05, 0.1) is 23.9 Å². The lowest BCUT2D eigenvalue weighted by Crippen LogP contribution is -3.20. The summed E-state index contributed by atoms with van der Waals surface area (Å²) in [7, 11) is -2.09. The maximum Gasteiger partial charge on any atom is 0.224 e. The first kappa shape index (κ1) is 48.6. The Morgan fingerprint density at radius 2 is 1.38 bits per heavy atom. The molecule has 3 saturated heterocycles. The zero-order chi connectivity index (χ0) is 38.8. The third kappa shape index (κ3) is 12.4. The monoisotopic (exact) mass is 948 g/mol. The maximum atomic E-state index is 14.3. The molecule has 53 heavy (non-hydrogen) atoms. The predicted octanol–water partition coefficient (Wildman–Crippen LogP) is 9.45. The normalized spacial score (nSPS) is 30.5. The van der Waals surface area contributed by atoms with E-state index in [0.717, 1.165) is 34.4 Å². The van der Waals surface area contributed by atoms with E-state index in [1.165, 1.54) is 74.7 Å². The van der Waals surface area contributed by atoms with E-state index in [4.69, 9.17) is 109 Å². The minimum absolute atomic E-state index is 0. The molecule has 2 aromatic rings. The number of aromatic nitrogens is 1. The van der Waals surface area contributed by atoms with Crippen LogP contribution in [-0.2, 0) is 9.84 Å². The largest absolute Gasteiger partial charge is 1.00 e. The first-order chi connectivity index (χ1) is 24.2. The van der Waals surface area contributed by atoms with E-state index in [-0.39, 0.29) is 29.0 Å². The summed E-state index contributed by atoms with van der Waals surface area (Å²) in [5.41, 5.74) is 3.27. The van der Waals surface area contributed by atoms with Gasteiger partial charge in [0.1, 0.15) is 12.1 Å². The van der Waals surface area contributed by atoms with Crippen molar-refractivity contribution in [2.24, 2.45) is 29.6 Å². The van der Waals surface area contributed by atoms with Crippen molar-refractivity contribution in [1.29, 1.82) is 0 Å². The molecule has 4 aliphatic carbocycles. The standard InChI is InChI=1S/C35H50N2O2Si.3CHCl3.ClH/c1-7-26-22-36-13-12-27(26)17-31(36)33(39-40(5,6)34(2,3)4)29-18-32(37(38)30-11-9-8-10-28(29)30)35-19-23-14-24(20-35)16-25(15-23)21-35;3*2-1(3)4;/h7-11,18,23-27,31,33H,1,12-17,19-22H2,2-6H3;3*1H;1H/t23?,24?,25?,26-,27-,31+,33-,35?;;;;/m0..../s1. The van der Waals surface area contributed by atoms with Gasteiger partial charge in [-0.3, -0.25) is 0 Å². The second-order valence-corrected chi connectivity index (χ2v) is 27.6. The van der Waals surface area contributed by atoms with Crippen LogP contribution in [0.3, 0.4) is 0 Å². The number of para-hydroxylation sites is 1. The van der Waals surface area contributed by atoms with Crippen molar-refractivity contribution in [2.75, 3.05) is 13.1 Å². The van der Waals surface area contributed by atoms with Crippen molar-refractivity contribution in [3.05, 3.63) is 59.5 Å². The van der Waals surface area contributed by atoms with Crippen molar-refractivity contribution in [1.82, 2.24) is 0 Å². The lowest BCUT2D eigenvalue weighted by atomic mass is 9.48. The molecule has 9 rings (SSSR count). The van der Waals surface area contributed by atoms with Crippen LogP contribution < -0.4 is 22.0 Å². The Balaban J connectivity index is 0.000000512. The predicted molar refractivity (Wildman–Crippen MR) is 229 cm³/mol. The third-order valence-electron chi connectivity index (χ3n) is 12.7. The van der Waals surface area contributed by atoms with Gasteiger partial charge in [-0.05, 0) is 86.4 Å². The van der Waals surface area contributed by atoms with E-state index < -0.39 is 21.2 Å². The lowest BCUT2D eigenvalue weighted by molar-refractivity contribution is -0.949. The second-order valence-electron chi connectivity index (χ2n) is 16.9. The highest BCUT2D eigenvalue weighted by Crippen LogP contribution is 2.60. The molecule has 4 nitrogen and oxygen atoms in total. The van der Waals surface area contributed by atoms with Gasteiger partial charge in [0.25, 0.3) is 0 Å². The van der Waals surface area contributed by atoms with E-state index in [2.05, 4.69) is 76.9 Å². The Morgan fingerprint density at radius 3 is 1.81 bits per heavy atom. The van der Waals surface area contributed by atoms with Gasteiger partial charge in [0.15, 0.2) is 26.9 Å². The number of piperidine rings is 3. The quantitative estimate of drug-likeness (QED) is 0.103. The Labute approximate surface area is 369 Å². The molecular formula is C38H54Cl10N2O2Si.